The summed E-state index contributed by atoms with van der Waals surface area (Å²) in [5, 5.41) is 5.67. The van der Waals surface area contributed by atoms with Gasteiger partial charge in [-0.2, -0.15) is 0 Å². The highest BCUT2D eigenvalue weighted by Crippen LogP contribution is 2.29. The zero-order valence-electron chi connectivity index (χ0n) is 14.6. The number of anilines is 1. The van der Waals surface area contributed by atoms with E-state index in [1.165, 1.54) is 6.42 Å². The topological polar surface area (TPSA) is 58.2 Å². The van der Waals surface area contributed by atoms with Crippen molar-refractivity contribution in [2.45, 2.75) is 64.8 Å². The molecular formula is C19H28N2O2. The molecule has 1 saturated carbocycles. The Kier molecular flexibility index (Phi) is 5.45. The summed E-state index contributed by atoms with van der Waals surface area (Å²) in [6, 6.07) is 7.75. The number of carbonyl (C=O) groups excluding carboxylic acids is 2. The summed E-state index contributed by atoms with van der Waals surface area (Å²) in [7, 11) is 0. The lowest BCUT2D eigenvalue weighted by Gasteiger charge is -2.29. The van der Waals surface area contributed by atoms with E-state index in [-0.39, 0.29) is 11.5 Å². The molecule has 0 heterocycles. The van der Waals surface area contributed by atoms with Gasteiger partial charge < -0.3 is 10.6 Å². The highest BCUT2D eigenvalue weighted by atomic mass is 16.2. The Labute approximate surface area is 139 Å². The summed E-state index contributed by atoms with van der Waals surface area (Å²) in [6.45, 7) is 8.39. The molecule has 2 atom stereocenters. The van der Waals surface area contributed by atoms with Crippen molar-refractivity contribution in [1.29, 1.82) is 0 Å². The predicted octanol–water partition coefficient (Wildman–Crippen LogP) is 3.62. The Balaban J connectivity index is 2.03. The van der Waals surface area contributed by atoms with Crippen LogP contribution in [-0.4, -0.2) is 17.9 Å². The zero-order valence-corrected chi connectivity index (χ0v) is 14.6. The molecule has 0 saturated heterocycles. The second-order valence-corrected chi connectivity index (χ2v) is 7.59. The van der Waals surface area contributed by atoms with Crippen molar-refractivity contribution in [2.75, 3.05) is 5.32 Å². The van der Waals surface area contributed by atoms with Gasteiger partial charge in [-0.05, 0) is 35.8 Å². The lowest BCUT2D eigenvalue weighted by Crippen LogP contribution is -2.45. The maximum atomic E-state index is 12.2. The van der Waals surface area contributed by atoms with E-state index in [1.807, 2.05) is 24.3 Å². The van der Waals surface area contributed by atoms with Crippen LogP contribution in [0.5, 0.6) is 0 Å². The van der Waals surface area contributed by atoms with Crippen molar-refractivity contribution >= 4 is 17.5 Å². The first-order chi connectivity index (χ1) is 10.8. The van der Waals surface area contributed by atoms with Gasteiger partial charge in [-0.3, -0.25) is 9.59 Å². The molecule has 23 heavy (non-hydrogen) atoms. The fraction of sp³-hybridized carbons (Fsp3) is 0.579. The summed E-state index contributed by atoms with van der Waals surface area (Å²) in [5.74, 6) is -0.686. The van der Waals surface area contributed by atoms with Crippen molar-refractivity contribution in [3.63, 3.8) is 0 Å². The molecule has 1 aromatic rings. The standard InChI is InChI=1S/C19H28N2O2/c1-13-9-5-7-11-15(13)20-17(22)18(23)21-16-12-8-6-10-14(16)19(2,3)4/h6,8,10,12-13,15H,5,7,9,11H2,1-4H3,(H,20,22)(H,21,23)/t13-,15-/m1/s1. The third-order valence-electron chi connectivity index (χ3n) is 4.62. The lowest BCUT2D eigenvalue weighted by molar-refractivity contribution is -0.137. The van der Waals surface area contributed by atoms with Crippen LogP contribution < -0.4 is 10.6 Å². The maximum absolute atomic E-state index is 12.2. The Bertz CT molecular complexity index is 575. The molecule has 1 aromatic carbocycles. The number of nitrogens with one attached hydrogen (secondary N) is 2. The van der Waals surface area contributed by atoms with E-state index >= 15 is 0 Å². The number of carbonyl (C=O) groups is 2. The van der Waals surface area contributed by atoms with Gasteiger partial charge in [-0.1, -0.05) is 58.7 Å². The van der Waals surface area contributed by atoms with Crippen LogP contribution in [0.3, 0.4) is 0 Å². The second-order valence-electron chi connectivity index (χ2n) is 7.59. The molecular weight excluding hydrogens is 288 g/mol. The van der Waals surface area contributed by atoms with Crippen LogP contribution in [0.2, 0.25) is 0 Å². The van der Waals surface area contributed by atoms with E-state index in [1.54, 1.807) is 0 Å². The monoisotopic (exact) mass is 316 g/mol. The van der Waals surface area contributed by atoms with E-state index in [9.17, 15) is 9.59 Å². The Morgan fingerprint density at radius 2 is 1.70 bits per heavy atom. The summed E-state index contributed by atoms with van der Waals surface area (Å²) >= 11 is 0. The molecule has 1 fully saturated rings. The van der Waals surface area contributed by atoms with Gasteiger partial charge in [0.1, 0.15) is 0 Å². The average molecular weight is 316 g/mol. The van der Waals surface area contributed by atoms with E-state index in [0.29, 0.717) is 11.6 Å². The number of benzene rings is 1. The number of amides is 2. The molecule has 1 aliphatic carbocycles. The Hall–Kier alpha value is -1.84. The van der Waals surface area contributed by atoms with Crippen LogP contribution in [0.15, 0.2) is 24.3 Å². The van der Waals surface area contributed by atoms with Crippen molar-refractivity contribution in [2.24, 2.45) is 5.92 Å². The first kappa shape index (κ1) is 17.5. The van der Waals surface area contributed by atoms with Gasteiger partial charge in [0.15, 0.2) is 0 Å². The van der Waals surface area contributed by atoms with Crippen LogP contribution >= 0.6 is 0 Å². The largest absolute Gasteiger partial charge is 0.345 e. The molecule has 2 amide bonds. The second kappa shape index (κ2) is 7.16. The van der Waals surface area contributed by atoms with E-state index < -0.39 is 11.8 Å². The van der Waals surface area contributed by atoms with Crippen LogP contribution in [0.1, 0.15) is 58.9 Å². The normalized spacial score (nSPS) is 21.6. The minimum atomic E-state index is -0.584. The molecule has 1 aliphatic rings. The molecule has 0 aromatic heterocycles. The van der Waals surface area contributed by atoms with Crippen LogP contribution in [0, 0.1) is 5.92 Å². The van der Waals surface area contributed by atoms with Crippen molar-refractivity contribution in [3.8, 4) is 0 Å². The molecule has 0 bridgehead atoms. The van der Waals surface area contributed by atoms with Crippen LogP contribution in [-0.2, 0) is 15.0 Å². The highest BCUT2D eigenvalue weighted by Gasteiger charge is 2.26. The third kappa shape index (κ3) is 4.57. The average Bonchev–Trinajstić information content (AvgIpc) is 2.49. The predicted molar refractivity (Wildman–Crippen MR) is 93.3 cm³/mol. The van der Waals surface area contributed by atoms with Gasteiger partial charge in [0.2, 0.25) is 0 Å². The molecule has 0 radical (unpaired) electrons. The quantitative estimate of drug-likeness (QED) is 0.819. The van der Waals surface area contributed by atoms with Gasteiger partial charge in [-0.25, -0.2) is 0 Å². The zero-order chi connectivity index (χ0) is 17.0. The third-order valence-corrected chi connectivity index (χ3v) is 4.62. The first-order valence-corrected chi connectivity index (χ1v) is 8.50. The lowest BCUT2D eigenvalue weighted by atomic mass is 9.85. The summed E-state index contributed by atoms with van der Waals surface area (Å²) in [6.07, 6.45) is 4.39. The van der Waals surface area contributed by atoms with E-state index in [2.05, 4.69) is 38.3 Å². The maximum Gasteiger partial charge on any atom is 0.313 e. The molecule has 2 rings (SSSR count). The van der Waals surface area contributed by atoms with Crippen molar-refractivity contribution in [3.05, 3.63) is 29.8 Å². The van der Waals surface area contributed by atoms with Crippen molar-refractivity contribution < 1.29 is 9.59 Å². The molecule has 126 valence electrons. The van der Waals surface area contributed by atoms with Crippen LogP contribution in [0.4, 0.5) is 5.69 Å². The minimum absolute atomic E-state index is 0.0990. The van der Waals surface area contributed by atoms with Gasteiger partial charge >= 0.3 is 11.8 Å². The number of hydrogen-bond donors (Lipinski definition) is 2. The molecule has 0 aliphatic heterocycles. The number of para-hydroxylation sites is 1. The Morgan fingerprint density at radius 3 is 2.35 bits per heavy atom. The summed E-state index contributed by atoms with van der Waals surface area (Å²) in [5.41, 5.74) is 1.63. The van der Waals surface area contributed by atoms with E-state index in [0.717, 1.165) is 24.8 Å². The van der Waals surface area contributed by atoms with E-state index in [4.69, 9.17) is 0 Å². The first-order valence-electron chi connectivity index (χ1n) is 8.50. The fourth-order valence-electron chi connectivity index (χ4n) is 3.19. The van der Waals surface area contributed by atoms with Gasteiger partial charge in [0, 0.05) is 11.7 Å². The Morgan fingerprint density at radius 1 is 1.04 bits per heavy atom. The summed E-state index contributed by atoms with van der Waals surface area (Å²) in [4.78, 5) is 24.4. The minimum Gasteiger partial charge on any atom is -0.345 e. The molecule has 4 heteroatoms. The number of rotatable bonds is 2. The SMILES string of the molecule is C[C@@H]1CCCC[C@H]1NC(=O)C(=O)Nc1ccccc1C(C)(C)C. The molecule has 0 unspecified atom stereocenters. The van der Waals surface area contributed by atoms with Crippen LogP contribution in [0.25, 0.3) is 0 Å². The smallest absolute Gasteiger partial charge is 0.313 e. The van der Waals surface area contributed by atoms with Gasteiger partial charge in [0.05, 0.1) is 0 Å². The summed E-state index contributed by atoms with van der Waals surface area (Å²) < 4.78 is 0. The highest BCUT2D eigenvalue weighted by molar-refractivity contribution is 6.39. The molecule has 2 N–H and O–H groups in total. The fourth-order valence-corrected chi connectivity index (χ4v) is 3.19. The molecule has 0 spiro atoms. The van der Waals surface area contributed by atoms with Gasteiger partial charge in [0.25, 0.3) is 0 Å². The van der Waals surface area contributed by atoms with Gasteiger partial charge in [-0.15, -0.1) is 0 Å². The molecule has 4 nitrogen and oxygen atoms in total. The van der Waals surface area contributed by atoms with Crippen molar-refractivity contribution in [1.82, 2.24) is 5.32 Å². The number of hydrogen-bond acceptors (Lipinski definition) is 2.